The molecule has 6 nitrogen and oxygen atoms in total. The van der Waals surface area contributed by atoms with Gasteiger partial charge in [-0.05, 0) is 18.8 Å². The number of aliphatic hydroxyl groups is 1. The number of hydrogen-bond acceptors (Lipinski definition) is 3. The number of hydrogen-bond donors (Lipinski definition) is 3. The van der Waals surface area contributed by atoms with Gasteiger partial charge in [-0.25, -0.2) is 9.59 Å². The van der Waals surface area contributed by atoms with Crippen LogP contribution < -0.4 is 5.32 Å². The number of aliphatic hydroxyl groups excluding tert-OH is 1. The SMILES string of the molecule is O=C(O)C(NC(=O)N(CCO)CC(F)(F)F)C1CC1. The summed E-state index contributed by atoms with van der Waals surface area (Å²) >= 11 is 0. The summed E-state index contributed by atoms with van der Waals surface area (Å²) in [5, 5.41) is 19.6. The minimum absolute atomic E-state index is 0.233. The second-order valence-electron chi connectivity index (χ2n) is 4.36. The molecule has 1 aliphatic carbocycles. The average molecular weight is 284 g/mol. The number of nitrogens with one attached hydrogen (secondary N) is 1. The van der Waals surface area contributed by atoms with Crippen LogP contribution in [0.15, 0.2) is 0 Å². The molecule has 19 heavy (non-hydrogen) atoms. The third kappa shape index (κ3) is 5.33. The summed E-state index contributed by atoms with van der Waals surface area (Å²) in [5.74, 6) is -1.50. The highest BCUT2D eigenvalue weighted by molar-refractivity contribution is 5.83. The lowest BCUT2D eigenvalue weighted by Gasteiger charge is -2.25. The van der Waals surface area contributed by atoms with E-state index in [1.54, 1.807) is 0 Å². The lowest BCUT2D eigenvalue weighted by molar-refractivity contribution is -0.141. The van der Waals surface area contributed by atoms with Crippen LogP contribution >= 0.6 is 0 Å². The van der Waals surface area contributed by atoms with Crippen LogP contribution in [0.1, 0.15) is 12.8 Å². The Morgan fingerprint density at radius 1 is 1.37 bits per heavy atom. The van der Waals surface area contributed by atoms with E-state index in [4.69, 9.17) is 10.2 Å². The summed E-state index contributed by atoms with van der Waals surface area (Å²) in [7, 11) is 0. The number of urea groups is 1. The van der Waals surface area contributed by atoms with Crippen molar-refractivity contribution < 1.29 is 33.0 Å². The van der Waals surface area contributed by atoms with Crippen LogP contribution in [0.25, 0.3) is 0 Å². The summed E-state index contributed by atoms with van der Waals surface area (Å²) in [5.41, 5.74) is 0. The van der Waals surface area contributed by atoms with Gasteiger partial charge in [-0.3, -0.25) is 0 Å². The summed E-state index contributed by atoms with van der Waals surface area (Å²) in [6.45, 7) is -2.68. The second kappa shape index (κ2) is 6.09. The first-order valence-corrected chi connectivity index (χ1v) is 5.70. The van der Waals surface area contributed by atoms with Gasteiger partial charge in [-0.1, -0.05) is 0 Å². The Kier molecular flexibility index (Phi) is 4.98. The van der Waals surface area contributed by atoms with Crippen LogP contribution in [-0.4, -0.2) is 59.0 Å². The van der Waals surface area contributed by atoms with Crippen LogP contribution in [0.2, 0.25) is 0 Å². The lowest BCUT2D eigenvalue weighted by atomic mass is 10.2. The number of carbonyl (C=O) groups is 2. The van der Waals surface area contributed by atoms with Crippen molar-refractivity contribution in [1.82, 2.24) is 10.2 Å². The molecule has 9 heteroatoms. The molecule has 3 N–H and O–H groups in total. The fourth-order valence-electron chi connectivity index (χ4n) is 1.62. The van der Waals surface area contributed by atoms with Gasteiger partial charge in [0.25, 0.3) is 0 Å². The molecular formula is C10H15F3N2O4. The number of carboxylic acids is 1. The van der Waals surface area contributed by atoms with E-state index >= 15 is 0 Å². The Labute approximate surface area is 107 Å². The lowest BCUT2D eigenvalue weighted by Crippen LogP contribution is -2.51. The van der Waals surface area contributed by atoms with E-state index in [1.807, 2.05) is 0 Å². The van der Waals surface area contributed by atoms with Crippen molar-refractivity contribution in [2.45, 2.75) is 25.1 Å². The highest BCUT2D eigenvalue weighted by atomic mass is 19.4. The fourth-order valence-corrected chi connectivity index (χ4v) is 1.62. The van der Waals surface area contributed by atoms with E-state index in [-0.39, 0.29) is 5.92 Å². The van der Waals surface area contributed by atoms with Gasteiger partial charge >= 0.3 is 18.2 Å². The van der Waals surface area contributed by atoms with E-state index in [0.717, 1.165) is 0 Å². The Morgan fingerprint density at radius 3 is 2.32 bits per heavy atom. The molecule has 0 bridgehead atoms. The molecule has 1 fully saturated rings. The number of rotatable bonds is 6. The normalized spacial score (nSPS) is 16.8. The maximum Gasteiger partial charge on any atom is 0.406 e. The number of nitrogens with zero attached hydrogens (tertiary/aromatic N) is 1. The minimum atomic E-state index is -4.61. The third-order valence-electron chi connectivity index (χ3n) is 2.67. The number of alkyl halides is 3. The predicted octanol–water partition coefficient (Wildman–Crippen LogP) is 0.416. The quantitative estimate of drug-likeness (QED) is 0.659. The smallest absolute Gasteiger partial charge is 0.406 e. The second-order valence-corrected chi connectivity index (χ2v) is 4.36. The molecule has 1 unspecified atom stereocenters. The maximum atomic E-state index is 12.2. The van der Waals surface area contributed by atoms with E-state index in [2.05, 4.69) is 5.32 Å². The largest absolute Gasteiger partial charge is 0.480 e. The monoisotopic (exact) mass is 284 g/mol. The first-order valence-electron chi connectivity index (χ1n) is 5.70. The van der Waals surface area contributed by atoms with Gasteiger partial charge in [0.2, 0.25) is 0 Å². The van der Waals surface area contributed by atoms with Crippen molar-refractivity contribution in [2.24, 2.45) is 5.92 Å². The van der Waals surface area contributed by atoms with Crippen LogP contribution in [0.3, 0.4) is 0 Å². The molecule has 1 atom stereocenters. The Balaban J connectivity index is 2.62. The summed E-state index contributed by atoms with van der Waals surface area (Å²) in [6.07, 6.45) is -3.36. The molecule has 0 radical (unpaired) electrons. The third-order valence-corrected chi connectivity index (χ3v) is 2.67. The summed E-state index contributed by atoms with van der Waals surface area (Å²) < 4.78 is 36.7. The number of carbonyl (C=O) groups excluding carboxylic acids is 1. The number of halogens is 3. The van der Waals surface area contributed by atoms with Gasteiger partial charge in [0, 0.05) is 6.54 Å². The first-order chi connectivity index (χ1) is 8.74. The Hall–Kier alpha value is -1.51. The van der Waals surface area contributed by atoms with Gasteiger partial charge in [0.1, 0.15) is 12.6 Å². The molecule has 0 spiro atoms. The molecule has 2 amide bonds. The van der Waals surface area contributed by atoms with Crippen molar-refractivity contribution in [3.8, 4) is 0 Å². The summed E-state index contributed by atoms with van der Waals surface area (Å²) in [4.78, 5) is 22.8. The number of carboxylic acid groups (broad SMARTS) is 1. The highest BCUT2D eigenvalue weighted by Crippen LogP contribution is 2.32. The van der Waals surface area contributed by atoms with Crippen LogP contribution in [-0.2, 0) is 4.79 Å². The van der Waals surface area contributed by atoms with Gasteiger partial charge in [0.05, 0.1) is 6.61 Å². The van der Waals surface area contributed by atoms with Crippen molar-refractivity contribution in [2.75, 3.05) is 19.7 Å². The van der Waals surface area contributed by atoms with Crippen molar-refractivity contribution in [3.05, 3.63) is 0 Å². The number of aliphatic carboxylic acids is 1. The zero-order chi connectivity index (χ0) is 14.6. The maximum absolute atomic E-state index is 12.2. The van der Waals surface area contributed by atoms with Gasteiger partial charge in [0.15, 0.2) is 0 Å². The molecule has 1 aliphatic rings. The minimum Gasteiger partial charge on any atom is -0.480 e. The molecular weight excluding hydrogens is 269 g/mol. The van der Waals surface area contributed by atoms with E-state index in [1.165, 1.54) is 0 Å². The van der Waals surface area contributed by atoms with Crippen LogP contribution in [0.5, 0.6) is 0 Å². The van der Waals surface area contributed by atoms with Crippen molar-refractivity contribution >= 4 is 12.0 Å². The van der Waals surface area contributed by atoms with E-state index < -0.39 is 43.9 Å². The fraction of sp³-hybridized carbons (Fsp3) is 0.800. The summed E-state index contributed by atoms with van der Waals surface area (Å²) in [6, 6.07) is -2.31. The zero-order valence-electron chi connectivity index (χ0n) is 9.98. The Bertz CT molecular complexity index is 344. The van der Waals surface area contributed by atoms with E-state index in [9.17, 15) is 22.8 Å². The molecule has 1 rings (SSSR count). The molecule has 0 aromatic carbocycles. The average Bonchev–Trinajstić information content (AvgIpc) is 3.06. The van der Waals surface area contributed by atoms with Crippen molar-refractivity contribution in [1.29, 1.82) is 0 Å². The molecule has 1 saturated carbocycles. The predicted molar refractivity (Wildman–Crippen MR) is 57.4 cm³/mol. The molecule has 0 aromatic rings. The molecule has 0 heterocycles. The molecule has 0 saturated heterocycles. The molecule has 0 aromatic heterocycles. The van der Waals surface area contributed by atoms with Crippen LogP contribution in [0.4, 0.5) is 18.0 Å². The van der Waals surface area contributed by atoms with Crippen LogP contribution in [0, 0.1) is 5.92 Å². The van der Waals surface area contributed by atoms with Crippen molar-refractivity contribution in [3.63, 3.8) is 0 Å². The highest BCUT2D eigenvalue weighted by Gasteiger charge is 2.39. The topological polar surface area (TPSA) is 89.9 Å². The van der Waals surface area contributed by atoms with Gasteiger partial charge < -0.3 is 20.4 Å². The van der Waals surface area contributed by atoms with Gasteiger partial charge in [-0.2, -0.15) is 13.2 Å². The standard InChI is InChI=1S/C10H15F3N2O4/c11-10(12,13)5-15(3-4-16)9(19)14-7(8(17)18)6-1-2-6/h6-7,16H,1-5H2,(H,14,19)(H,17,18). The Morgan fingerprint density at radius 2 is 1.95 bits per heavy atom. The molecule has 110 valence electrons. The number of amides is 2. The first kappa shape index (κ1) is 15.5. The zero-order valence-corrected chi connectivity index (χ0v) is 9.98. The molecule has 0 aliphatic heterocycles. The van der Waals surface area contributed by atoms with Gasteiger partial charge in [-0.15, -0.1) is 0 Å². The van der Waals surface area contributed by atoms with E-state index in [0.29, 0.717) is 17.7 Å².